The summed E-state index contributed by atoms with van der Waals surface area (Å²) in [5, 5.41) is 11.7. The summed E-state index contributed by atoms with van der Waals surface area (Å²) in [7, 11) is 0. The summed E-state index contributed by atoms with van der Waals surface area (Å²) in [5.74, 6) is -0.274. The van der Waals surface area contributed by atoms with Gasteiger partial charge >= 0.3 is 5.97 Å². The maximum atomic E-state index is 11.1. The van der Waals surface area contributed by atoms with Gasteiger partial charge in [-0.2, -0.15) is 0 Å². The highest BCUT2D eigenvalue weighted by Crippen LogP contribution is 2.06. The van der Waals surface area contributed by atoms with Gasteiger partial charge in [-0.15, -0.1) is 0 Å². The summed E-state index contributed by atoms with van der Waals surface area (Å²) in [6.07, 6.45) is 3.56. The van der Waals surface area contributed by atoms with Crippen LogP contribution in [0.25, 0.3) is 0 Å². The number of rotatable bonds is 8. The second-order valence-electron chi connectivity index (χ2n) is 4.36. The molecule has 0 saturated heterocycles. The number of unbranched alkanes of at least 4 members (excludes halogenated alkanes) is 1. The number of ketones is 1. The van der Waals surface area contributed by atoms with Gasteiger partial charge in [0.2, 0.25) is 0 Å². The predicted molar refractivity (Wildman–Crippen MR) is 72.2 cm³/mol. The Morgan fingerprint density at radius 1 is 1.42 bits per heavy atom. The van der Waals surface area contributed by atoms with Gasteiger partial charge in [-0.05, 0) is 38.3 Å². The second-order valence-corrected chi connectivity index (χ2v) is 4.36. The first kappa shape index (κ1) is 15.1. The molecule has 0 aliphatic rings. The van der Waals surface area contributed by atoms with Gasteiger partial charge in [0.25, 0.3) is 0 Å². The fourth-order valence-corrected chi connectivity index (χ4v) is 1.54. The summed E-state index contributed by atoms with van der Waals surface area (Å²) in [6.45, 7) is 2.19. The number of hydrogen-bond donors (Lipinski definition) is 3. The zero-order valence-corrected chi connectivity index (χ0v) is 10.9. The second kappa shape index (κ2) is 7.48. The fourth-order valence-electron chi connectivity index (χ4n) is 1.54. The molecule has 0 aliphatic carbocycles. The lowest BCUT2D eigenvalue weighted by atomic mass is 10.1. The van der Waals surface area contributed by atoms with Crippen molar-refractivity contribution in [1.29, 1.82) is 0 Å². The molecule has 104 valence electrons. The topological polar surface area (TPSA) is 105 Å². The van der Waals surface area contributed by atoms with Gasteiger partial charge in [-0.1, -0.05) is 0 Å². The number of aliphatic carboxylic acids is 1. The van der Waals surface area contributed by atoms with E-state index in [1.54, 1.807) is 12.1 Å². The molecule has 0 spiro atoms. The molecule has 0 bridgehead atoms. The lowest BCUT2D eigenvalue weighted by Crippen LogP contribution is -2.29. The Morgan fingerprint density at radius 3 is 2.68 bits per heavy atom. The molecule has 1 atom stereocenters. The number of nitrogens with zero attached hydrogens (tertiary/aromatic N) is 1. The van der Waals surface area contributed by atoms with Crippen molar-refractivity contribution >= 4 is 17.6 Å². The minimum absolute atomic E-state index is 0.0123. The van der Waals surface area contributed by atoms with E-state index in [1.807, 2.05) is 0 Å². The molecule has 6 nitrogen and oxygen atoms in total. The highest BCUT2D eigenvalue weighted by atomic mass is 16.4. The first-order chi connectivity index (χ1) is 9.00. The van der Waals surface area contributed by atoms with Crippen LogP contribution in [0.15, 0.2) is 18.3 Å². The lowest BCUT2D eigenvalue weighted by molar-refractivity contribution is -0.138. The maximum absolute atomic E-state index is 11.1. The number of carbonyl (C=O) groups excluding carboxylic acids is 1. The van der Waals surface area contributed by atoms with Gasteiger partial charge in [-0.3, -0.25) is 9.59 Å². The van der Waals surface area contributed by atoms with Gasteiger partial charge < -0.3 is 16.2 Å². The molecule has 0 fully saturated rings. The van der Waals surface area contributed by atoms with Crippen LogP contribution in [0.1, 0.15) is 36.5 Å². The smallest absolute Gasteiger partial charge is 0.320 e. The standard InChI is InChI=1S/C13H19N3O3/c1-9(17)10-5-6-12(16-8-10)15-7-3-2-4-11(14)13(18)19/h5-6,8,11H,2-4,7,14H2,1H3,(H,15,16)(H,18,19)/t11-/m0/s1. The molecule has 0 radical (unpaired) electrons. The molecule has 4 N–H and O–H groups in total. The van der Waals surface area contributed by atoms with Crippen molar-refractivity contribution in [2.45, 2.75) is 32.2 Å². The number of carboxylic acid groups (broad SMARTS) is 1. The number of Topliss-reactive ketones (excluding diaryl/α,β-unsaturated/α-hetero) is 1. The molecule has 1 aromatic heterocycles. The van der Waals surface area contributed by atoms with Crippen molar-refractivity contribution in [3.63, 3.8) is 0 Å². The third kappa shape index (κ3) is 5.48. The minimum atomic E-state index is -0.963. The van der Waals surface area contributed by atoms with Gasteiger partial charge in [0, 0.05) is 18.3 Å². The molecule has 19 heavy (non-hydrogen) atoms. The molecule has 6 heteroatoms. The third-order valence-electron chi connectivity index (χ3n) is 2.74. The Balaban J connectivity index is 2.22. The molecule has 0 aromatic carbocycles. The maximum Gasteiger partial charge on any atom is 0.320 e. The summed E-state index contributed by atoms with van der Waals surface area (Å²) in [6, 6.07) is 2.69. The zero-order valence-electron chi connectivity index (χ0n) is 10.9. The number of carboxylic acids is 1. The highest BCUT2D eigenvalue weighted by molar-refractivity contribution is 5.93. The average Bonchev–Trinajstić information content (AvgIpc) is 2.38. The van der Waals surface area contributed by atoms with Crippen LogP contribution in [-0.2, 0) is 4.79 Å². The molecule has 1 aromatic rings. The van der Waals surface area contributed by atoms with E-state index in [0.717, 1.165) is 12.8 Å². The Bertz CT molecular complexity index is 431. The molecular weight excluding hydrogens is 246 g/mol. The van der Waals surface area contributed by atoms with E-state index >= 15 is 0 Å². The summed E-state index contributed by atoms with van der Waals surface area (Å²) >= 11 is 0. The fraction of sp³-hybridized carbons (Fsp3) is 0.462. The van der Waals surface area contributed by atoms with Crippen LogP contribution in [0.3, 0.4) is 0 Å². The number of carbonyl (C=O) groups is 2. The van der Waals surface area contributed by atoms with E-state index in [-0.39, 0.29) is 5.78 Å². The highest BCUT2D eigenvalue weighted by Gasteiger charge is 2.09. The number of pyridine rings is 1. The van der Waals surface area contributed by atoms with Crippen LogP contribution < -0.4 is 11.1 Å². The Hall–Kier alpha value is -1.95. The summed E-state index contributed by atoms with van der Waals surface area (Å²) in [4.78, 5) is 25.7. The monoisotopic (exact) mass is 265 g/mol. The Kier molecular flexibility index (Phi) is 5.95. The van der Waals surface area contributed by atoms with E-state index < -0.39 is 12.0 Å². The first-order valence-corrected chi connectivity index (χ1v) is 6.20. The predicted octanol–water partition coefficient (Wildman–Crippen LogP) is 1.28. The number of nitrogens with two attached hydrogens (primary N) is 1. The van der Waals surface area contributed by atoms with Gasteiger partial charge in [0.1, 0.15) is 11.9 Å². The number of nitrogens with one attached hydrogen (secondary N) is 1. The van der Waals surface area contributed by atoms with Gasteiger partial charge in [-0.25, -0.2) is 4.98 Å². The first-order valence-electron chi connectivity index (χ1n) is 6.20. The molecule has 0 saturated carbocycles. The number of anilines is 1. The Morgan fingerprint density at radius 2 is 2.16 bits per heavy atom. The van der Waals surface area contributed by atoms with Crippen molar-refractivity contribution in [3.05, 3.63) is 23.9 Å². The average molecular weight is 265 g/mol. The van der Waals surface area contributed by atoms with Crippen LogP contribution in [0.2, 0.25) is 0 Å². The van der Waals surface area contributed by atoms with Crippen LogP contribution in [0.4, 0.5) is 5.82 Å². The third-order valence-corrected chi connectivity index (χ3v) is 2.74. The van der Waals surface area contributed by atoms with Crippen LogP contribution in [-0.4, -0.2) is 34.4 Å². The van der Waals surface area contributed by atoms with Gasteiger partial charge in [0.15, 0.2) is 5.78 Å². The van der Waals surface area contributed by atoms with Gasteiger partial charge in [0.05, 0.1) is 0 Å². The van der Waals surface area contributed by atoms with E-state index in [0.29, 0.717) is 24.3 Å². The molecule has 0 amide bonds. The summed E-state index contributed by atoms with van der Waals surface area (Å²) < 4.78 is 0. The number of hydrogen-bond acceptors (Lipinski definition) is 5. The van der Waals surface area contributed by atoms with Crippen molar-refractivity contribution in [1.82, 2.24) is 4.98 Å². The SMILES string of the molecule is CC(=O)c1ccc(NCCCC[C@H](N)C(=O)O)nc1. The van der Waals surface area contributed by atoms with E-state index in [9.17, 15) is 9.59 Å². The zero-order chi connectivity index (χ0) is 14.3. The molecule has 0 unspecified atom stereocenters. The van der Waals surface area contributed by atoms with Crippen molar-refractivity contribution in [2.24, 2.45) is 5.73 Å². The molecule has 1 rings (SSSR count). The quantitative estimate of drug-likeness (QED) is 0.483. The van der Waals surface area contributed by atoms with Crippen LogP contribution in [0, 0.1) is 0 Å². The van der Waals surface area contributed by atoms with Crippen LogP contribution >= 0.6 is 0 Å². The van der Waals surface area contributed by atoms with Crippen molar-refractivity contribution < 1.29 is 14.7 Å². The largest absolute Gasteiger partial charge is 0.480 e. The summed E-state index contributed by atoms with van der Waals surface area (Å²) in [5.41, 5.74) is 5.97. The molecule has 0 aliphatic heterocycles. The van der Waals surface area contributed by atoms with Crippen LogP contribution in [0.5, 0.6) is 0 Å². The van der Waals surface area contributed by atoms with Crippen molar-refractivity contribution in [3.8, 4) is 0 Å². The van der Waals surface area contributed by atoms with Crippen molar-refractivity contribution in [2.75, 3.05) is 11.9 Å². The Labute approximate surface area is 112 Å². The minimum Gasteiger partial charge on any atom is -0.480 e. The normalized spacial score (nSPS) is 11.9. The lowest BCUT2D eigenvalue weighted by Gasteiger charge is -2.07. The van der Waals surface area contributed by atoms with E-state index in [4.69, 9.17) is 10.8 Å². The van der Waals surface area contributed by atoms with E-state index in [1.165, 1.54) is 13.1 Å². The van der Waals surface area contributed by atoms with E-state index in [2.05, 4.69) is 10.3 Å². The number of aromatic nitrogens is 1. The molecular formula is C13H19N3O3. The molecule has 1 heterocycles.